The van der Waals surface area contributed by atoms with Crippen molar-refractivity contribution in [2.75, 3.05) is 19.6 Å². The molecule has 0 bridgehead atoms. The molecule has 2 aliphatic carbocycles. The van der Waals surface area contributed by atoms with Crippen LogP contribution in [0.2, 0.25) is 0 Å². The second-order valence-electron chi connectivity index (χ2n) is 11.8. The van der Waals surface area contributed by atoms with Crippen molar-refractivity contribution in [1.29, 1.82) is 0 Å². The lowest BCUT2D eigenvalue weighted by atomic mass is 9.66. The zero-order chi connectivity index (χ0) is 22.4. The third-order valence-electron chi connectivity index (χ3n) is 8.36. The molecule has 1 amide bonds. The summed E-state index contributed by atoms with van der Waals surface area (Å²) >= 11 is 0. The average molecular weight is 437 g/mol. The van der Waals surface area contributed by atoms with E-state index in [0.717, 1.165) is 58.0 Å². The molecule has 8 N–H and O–H groups in total. The third-order valence-corrected chi connectivity index (χ3v) is 8.36. The molecular formula is C23H44N6O2. The zero-order valence-corrected chi connectivity index (χ0v) is 19.6. The van der Waals surface area contributed by atoms with Gasteiger partial charge in [0.15, 0.2) is 0 Å². The van der Waals surface area contributed by atoms with E-state index in [2.05, 4.69) is 41.6 Å². The highest BCUT2D eigenvalue weighted by Gasteiger charge is 2.52. The number of likely N-dealkylation sites (tertiary alicyclic amines) is 1. The first kappa shape index (κ1) is 23.4. The fourth-order valence-corrected chi connectivity index (χ4v) is 6.03. The van der Waals surface area contributed by atoms with Crippen LogP contribution in [0, 0.1) is 23.2 Å². The number of amides is 1. The Morgan fingerprint density at radius 2 is 1.97 bits per heavy atom. The van der Waals surface area contributed by atoms with Crippen LogP contribution in [0.25, 0.3) is 0 Å². The smallest absolute Gasteiger partial charge is 0.224 e. The summed E-state index contributed by atoms with van der Waals surface area (Å²) in [4.78, 5) is 14.6. The van der Waals surface area contributed by atoms with Crippen molar-refractivity contribution in [3.8, 4) is 0 Å². The molecular weight excluding hydrogens is 392 g/mol. The molecule has 2 saturated carbocycles. The molecule has 4 aliphatic rings. The summed E-state index contributed by atoms with van der Waals surface area (Å²) in [7, 11) is 0. The number of nitrogens with zero attached hydrogens (tertiary/aromatic N) is 1. The number of nitrogens with two attached hydrogens (primary N) is 2. The summed E-state index contributed by atoms with van der Waals surface area (Å²) in [6.07, 6.45) is 6.92. The van der Waals surface area contributed by atoms with Crippen molar-refractivity contribution < 1.29 is 9.90 Å². The van der Waals surface area contributed by atoms with Gasteiger partial charge in [-0.2, -0.15) is 0 Å². The Morgan fingerprint density at radius 1 is 1.23 bits per heavy atom. The van der Waals surface area contributed by atoms with Crippen LogP contribution in [0.1, 0.15) is 65.7 Å². The standard InChI is InChI=1S/C23H44N6O2/c1-22(2,3)14-9-15(23(31)6-7-23)11-17(10-14)27-20-18(19(25)30)12-26-21(28-20)29-8-4-5-16(24)13-29/h14-18,20-21,26-28,31H,4-13,24H2,1-3H3,(H2,25,30)/t14?,15?,16-,17?,18?,20?,21?/m0/s1. The average Bonchev–Trinajstić information content (AvgIpc) is 3.45. The van der Waals surface area contributed by atoms with Gasteiger partial charge < -0.3 is 16.6 Å². The Balaban J connectivity index is 1.46. The van der Waals surface area contributed by atoms with Crippen molar-refractivity contribution >= 4 is 5.91 Å². The molecule has 7 atom stereocenters. The highest BCUT2D eigenvalue weighted by atomic mass is 16.3. The zero-order valence-electron chi connectivity index (χ0n) is 19.6. The fraction of sp³-hybridized carbons (Fsp3) is 0.957. The molecule has 2 aliphatic heterocycles. The highest BCUT2D eigenvalue weighted by Crippen LogP contribution is 2.52. The number of piperidine rings is 1. The number of hydrogen-bond donors (Lipinski definition) is 6. The summed E-state index contributed by atoms with van der Waals surface area (Å²) in [6.45, 7) is 9.31. The van der Waals surface area contributed by atoms with Crippen LogP contribution in [-0.2, 0) is 4.79 Å². The van der Waals surface area contributed by atoms with E-state index in [0.29, 0.717) is 18.4 Å². The predicted octanol–water partition coefficient (Wildman–Crippen LogP) is 0.259. The van der Waals surface area contributed by atoms with Gasteiger partial charge in [-0.3, -0.25) is 25.6 Å². The molecule has 0 aromatic carbocycles. The quantitative estimate of drug-likeness (QED) is 0.365. The van der Waals surface area contributed by atoms with E-state index < -0.39 is 5.60 Å². The number of aliphatic hydroxyl groups is 1. The van der Waals surface area contributed by atoms with E-state index in [1.807, 2.05) is 0 Å². The summed E-state index contributed by atoms with van der Waals surface area (Å²) in [5.41, 5.74) is 11.7. The number of carbonyl (C=O) groups is 1. The molecule has 4 rings (SSSR count). The Morgan fingerprint density at radius 3 is 2.58 bits per heavy atom. The first-order valence-corrected chi connectivity index (χ1v) is 12.3. The van der Waals surface area contributed by atoms with Gasteiger partial charge >= 0.3 is 0 Å². The van der Waals surface area contributed by atoms with Gasteiger partial charge in [-0.15, -0.1) is 0 Å². The molecule has 31 heavy (non-hydrogen) atoms. The van der Waals surface area contributed by atoms with Gasteiger partial charge in [0, 0.05) is 31.7 Å². The molecule has 0 aromatic heterocycles. The van der Waals surface area contributed by atoms with Gasteiger partial charge in [-0.25, -0.2) is 0 Å². The normalized spacial score (nSPS) is 41.6. The van der Waals surface area contributed by atoms with Crippen molar-refractivity contribution in [2.45, 2.75) is 95.9 Å². The lowest BCUT2D eigenvalue weighted by molar-refractivity contribution is -0.125. The molecule has 0 aromatic rings. The first-order valence-electron chi connectivity index (χ1n) is 12.3. The van der Waals surface area contributed by atoms with E-state index in [9.17, 15) is 9.90 Å². The van der Waals surface area contributed by atoms with Crippen molar-refractivity contribution in [3.05, 3.63) is 0 Å². The van der Waals surface area contributed by atoms with Gasteiger partial charge in [-0.1, -0.05) is 20.8 Å². The molecule has 8 heteroatoms. The maximum absolute atomic E-state index is 12.2. The summed E-state index contributed by atoms with van der Waals surface area (Å²) in [5, 5.41) is 21.8. The van der Waals surface area contributed by atoms with E-state index in [-0.39, 0.29) is 41.8 Å². The predicted molar refractivity (Wildman–Crippen MR) is 122 cm³/mol. The summed E-state index contributed by atoms with van der Waals surface area (Å²) in [5.74, 6) is 0.268. The Bertz CT molecular complexity index is 635. The maximum Gasteiger partial charge on any atom is 0.224 e. The number of primary amides is 1. The first-order chi connectivity index (χ1) is 14.5. The van der Waals surface area contributed by atoms with Gasteiger partial charge in [0.25, 0.3) is 0 Å². The van der Waals surface area contributed by atoms with Crippen molar-refractivity contribution in [3.63, 3.8) is 0 Å². The van der Waals surface area contributed by atoms with Gasteiger partial charge in [0.1, 0.15) is 6.29 Å². The second-order valence-corrected chi connectivity index (χ2v) is 11.8. The molecule has 8 nitrogen and oxygen atoms in total. The van der Waals surface area contributed by atoms with Crippen LogP contribution in [0.3, 0.4) is 0 Å². The van der Waals surface area contributed by atoms with Crippen LogP contribution in [0.15, 0.2) is 0 Å². The number of carbonyl (C=O) groups excluding carboxylic acids is 1. The largest absolute Gasteiger partial charge is 0.390 e. The topological polar surface area (TPSA) is 129 Å². The Labute approximate surface area is 187 Å². The fourth-order valence-electron chi connectivity index (χ4n) is 6.03. The van der Waals surface area contributed by atoms with E-state index >= 15 is 0 Å². The number of hydrogen-bond acceptors (Lipinski definition) is 7. The van der Waals surface area contributed by atoms with Gasteiger partial charge in [0.2, 0.25) is 5.91 Å². The number of rotatable bonds is 5. The van der Waals surface area contributed by atoms with Crippen molar-refractivity contribution in [2.24, 2.45) is 34.6 Å². The lowest BCUT2D eigenvalue weighted by Gasteiger charge is -2.48. The highest BCUT2D eigenvalue weighted by molar-refractivity contribution is 5.77. The van der Waals surface area contributed by atoms with Crippen molar-refractivity contribution in [1.82, 2.24) is 20.9 Å². The van der Waals surface area contributed by atoms with Crippen LogP contribution < -0.4 is 27.4 Å². The SMILES string of the molecule is CC(C)(C)C1CC(NC2NC(N3CCC[C@H](N)C3)NCC2C(N)=O)CC(C2(O)CC2)C1. The van der Waals surface area contributed by atoms with E-state index in [4.69, 9.17) is 11.5 Å². The second kappa shape index (κ2) is 8.88. The number of nitrogens with one attached hydrogen (secondary N) is 3. The maximum atomic E-state index is 12.2. The van der Waals surface area contributed by atoms with Crippen LogP contribution in [0.4, 0.5) is 0 Å². The van der Waals surface area contributed by atoms with Crippen LogP contribution >= 0.6 is 0 Å². The van der Waals surface area contributed by atoms with Crippen LogP contribution in [0.5, 0.6) is 0 Å². The molecule has 0 spiro atoms. The Kier molecular flexibility index (Phi) is 6.70. The summed E-state index contributed by atoms with van der Waals surface area (Å²) < 4.78 is 0. The molecule has 2 heterocycles. The molecule has 2 saturated heterocycles. The third kappa shape index (κ3) is 5.42. The Hall–Kier alpha value is -0.770. The molecule has 0 radical (unpaired) electrons. The monoisotopic (exact) mass is 436 g/mol. The lowest BCUT2D eigenvalue weighted by Crippen LogP contribution is -2.72. The minimum atomic E-state index is -0.471. The molecule has 178 valence electrons. The van der Waals surface area contributed by atoms with Gasteiger partial charge in [-0.05, 0) is 62.2 Å². The van der Waals surface area contributed by atoms with Crippen LogP contribution in [-0.4, -0.2) is 65.7 Å². The van der Waals surface area contributed by atoms with E-state index in [1.54, 1.807) is 0 Å². The minimum absolute atomic E-state index is 0.00938. The van der Waals surface area contributed by atoms with E-state index in [1.165, 1.54) is 0 Å². The minimum Gasteiger partial charge on any atom is -0.390 e. The summed E-state index contributed by atoms with van der Waals surface area (Å²) in [6, 6.07) is 0.456. The molecule has 6 unspecified atom stereocenters. The molecule has 4 fully saturated rings. The van der Waals surface area contributed by atoms with Gasteiger partial charge in [0.05, 0.1) is 17.7 Å².